The van der Waals surface area contributed by atoms with E-state index in [1.165, 1.54) is 25.7 Å². The lowest BCUT2D eigenvalue weighted by Gasteiger charge is -2.71. The van der Waals surface area contributed by atoms with Gasteiger partial charge in [-0.3, -0.25) is 9.59 Å². The van der Waals surface area contributed by atoms with Crippen LogP contribution < -0.4 is 5.32 Å². The van der Waals surface area contributed by atoms with Crippen LogP contribution in [0.3, 0.4) is 0 Å². The first-order valence-corrected chi connectivity index (χ1v) is 29.8. The lowest BCUT2D eigenvalue weighted by molar-refractivity contribution is -0.324. The maximum absolute atomic E-state index is 15.6. The van der Waals surface area contributed by atoms with Crippen molar-refractivity contribution in [1.29, 1.82) is 0 Å². The van der Waals surface area contributed by atoms with Gasteiger partial charge in [0.1, 0.15) is 54.4 Å². The van der Waals surface area contributed by atoms with Gasteiger partial charge < -0.3 is 79.8 Å². The van der Waals surface area contributed by atoms with E-state index < -0.39 is 133 Å². The van der Waals surface area contributed by atoms with Crippen LogP contribution in [0.25, 0.3) is 0 Å². The normalized spacial score (nSPS) is 48.8. The predicted octanol–water partition coefficient (Wildman–Crippen LogP) is 4.28. The van der Waals surface area contributed by atoms with E-state index in [2.05, 4.69) is 46.0 Å². The summed E-state index contributed by atoms with van der Waals surface area (Å²) in [4.78, 5) is 42.0. The van der Waals surface area contributed by atoms with Gasteiger partial charge in [0.05, 0.1) is 61.1 Å². The molecule has 4 saturated carbocycles. The molecular formula is C59H97NO17. The summed E-state index contributed by atoms with van der Waals surface area (Å²) in [7, 11) is 0. The van der Waals surface area contributed by atoms with Crippen LogP contribution in [0.15, 0.2) is 11.6 Å². The summed E-state index contributed by atoms with van der Waals surface area (Å²) in [6.45, 7) is 13.7. The van der Waals surface area contributed by atoms with Gasteiger partial charge in [0.15, 0.2) is 6.29 Å². The fourth-order valence-electron chi connectivity index (χ4n) is 17.1. The topological polar surface area (TPSA) is 291 Å². The number of rotatable bonds is 19. The molecule has 0 aromatic carbocycles. The first-order valence-electron chi connectivity index (χ1n) is 29.8. The van der Waals surface area contributed by atoms with Crippen LogP contribution in [0, 0.1) is 56.7 Å². The molecule has 3 saturated heterocycles. The fraction of sp³-hybridized carbons (Fsp3) is 0.915. The number of aliphatic hydroxyl groups is 9. The molecule has 0 radical (unpaired) electrons. The highest BCUT2D eigenvalue weighted by Crippen LogP contribution is 2.75. The first kappa shape index (κ1) is 60.9. The van der Waals surface area contributed by atoms with Crippen LogP contribution in [0.5, 0.6) is 0 Å². The Kier molecular flexibility index (Phi) is 19.3. The summed E-state index contributed by atoms with van der Waals surface area (Å²) in [5.74, 6) is -2.40. The quantitative estimate of drug-likeness (QED) is 0.0374. The summed E-state index contributed by atoms with van der Waals surface area (Å²) < 4.78 is 30.6. The number of hydrogen-bond donors (Lipinski definition) is 10. The van der Waals surface area contributed by atoms with Crippen molar-refractivity contribution in [3.63, 3.8) is 0 Å². The predicted molar refractivity (Wildman–Crippen MR) is 281 cm³/mol. The van der Waals surface area contributed by atoms with E-state index in [1.807, 2.05) is 6.92 Å². The van der Waals surface area contributed by atoms with Crippen LogP contribution >= 0.6 is 0 Å². The minimum atomic E-state index is -1.70. The number of allylic oxidation sites excluding steroid dienone is 2. The van der Waals surface area contributed by atoms with Crippen molar-refractivity contribution in [3.05, 3.63) is 11.6 Å². The molecule has 18 heteroatoms. The molecule has 0 bridgehead atoms. The Morgan fingerprint density at radius 3 is 2.13 bits per heavy atom. The zero-order valence-electron chi connectivity index (χ0n) is 47.0. The first-order chi connectivity index (χ1) is 36.5. The van der Waals surface area contributed by atoms with Gasteiger partial charge in [0, 0.05) is 6.42 Å². The monoisotopic (exact) mass is 1090 g/mol. The molecule has 5 aliphatic carbocycles. The van der Waals surface area contributed by atoms with Crippen molar-refractivity contribution in [2.24, 2.45) is 56.7 Å². The third kappa shape index (κ3) is 11.0. The molecule has 18 nitrogen and oxygen atoms in total. The third-order valence-corrected chi connectivity index (χ3v) is 22.0. The molecule has 25 atom stereocenters. The molecule has 0 aromatic rings. The minimum absolute atomic E-state index is 0.0169. The van der Waals surface area contributed by atoms with E-state index >= 15 is 4.79 Å². The van der Waals surface area contributed by atoms with Crippen molar-refractivity contribution < 1.29 is 84.0 Å². The van der Waals surface area contributed by atoms with Crippen LogP contribution in [-0.2, 0) is 38.1 Å². The molecule has 77 heavy (non-hydrogen) atoms. The van der Waals surface area contributed by atoms with Gasteiger partial charge in [-0.2, -0.15) is 0 Å². The standard InChI is InChI=1S/C59H97NO17/c1-8-9-10-11-12-13-14-15-16-17-44(66)60-45-39(29-61)75-52(34(46(45)67)27-38-48(69)49(70)51(33(3)74-38)76-53-50(71)47(68)37(63)30-73-53)77-54(72)59-25-20-32(2)26-36(59)35-18-19-41-55(4)23-22-42(64)56(5,31-62)40(55)21-24-57(41,6)58(35,7)28-43(59)65/h18,31-34,36-43,45-53,61,63-65,67-71H,8-17,19-30H2,1-7H3,(H,60,66)/t32-,33-,34?,36?,37-,38+,39-,40-,41?,42?,43-,45?,46?,47?,48?,49?,50?,51?,52+,53+,55?,56?,57-,58-,59?/m1/s1. The highest BCUT2D eigenvalue weighted by molar-refractivity contribution is 5.80. The summed E-state index contributed by atoms with van der Waals surface area (Å²) in [6.07, 6.45) is -1.24. The molecule has 7 fully saturated rings. The van der Waals surface area contributed by atoms with Crippen molar-refractivity contribution in [1.82, 2.24) is 5.32 Å². The number of esters is 1. The van der Waals surface area contributed by atoms with Gasteiger partial charge in [-0.1, -0.05) is 105 Å². The van der Waals surface area contributed by atoms with Crippen LogP contribution in [0.1, 0.15) is 177 Å². The Bertz CT molecular complexity index is 2060. The number of aliphatic hydroxyl groups excluding tert-OH is 9. The van der Waals surface area contributed by atoms with Crippen LogP contribution in [0.4, 0.5) is 0 Å². The summed E-state index contributed by atoms with van der Waals surface area (Å²) in [5.41, 5.74) is -2.29. The second kappa shape index (κ2) is 24.3. The number of carbonyl (C=O) groups is 3. The van der Waals surface area contributed by atoms with Gasteiger partial charge in [0.2, 0.25) is 12.2 Å². The van der Waals surface area contributed by atoms with Gasteiger partial charge in [-0.05, 0) is 117 Å². The van der Waals surface area contributed by atoms with Crippen molar-refractivity contribution in [3.8, 4) is 0 Å². The fourth-order valence-corrected chi connectivity index (χ4v) is 17.1. The molecule has 10 N–H and O–H groups in total. The maximum Gasteiger partial charge on any atom is 0.317 e. The Morgan fingerprint density at radius 1 is 0.766 bits per heavy atom. The van der Waals surface area contributed by atoms with E-state index in [4.69, 9.17) is 23.7 Å². The van der Waals surface area contributed by atoms with Gasteiger partial charge in [-0.15, -0.1) is 0 Å². The Hall–Kier alpha value is -2.17. The van der Waals surface area contributed by atoms with Crippen molar-refractivity contribution >= 4 is 18.2 Å². The molecule has 8 rings (SSSR count). The Morgan fingerprint density at radius 2 is 1.45 bits per heavy atom. The van der Waals surface area contributed by atoms with E-state index in [0.29, 0.717) is 32.1 Å². The van der Waals surface area contributed by atoms with Crippen LogP contribution in [0.2, 0.25) is 0 Å². The zero-order valence-corrected chi connectivity index (χ0v) is 47.0. The van der Waals surface area contributed by atoms with Gasteiger partial charge >= 0.3 is 5.97 Å². The summed E-state index contributed by atoms with van der Waals surface area (Å²) in [6, 6.07) is -1.19. The molecule has 14 unspecified atom stereocenters. The summed E-state index contributed by atoms with van der Waals surface area (Å²) >= 11 is 0. The summed E-state index contributed by atoms with van der Waals surface area (Å²) in [5, 5.41) is 105. The van der Waals surface area contributed by atoms with E-state index in [1.54, 1.807) is 6.92 Å². The average Bonchev–Trinajstić information content (AvgIpc) is 3.46. The highest BCUT2D eigenvalue weighted by Gasteiger charge is 2.72. The molecular weight excluding hydrogens is 995 g/mol. The molecule has 3 heterocycles. The molecule has 0 spiro atoms. The minimum Gasteiger partial charge on any atom is -0.435 e. The van der Waals surface area contributed by atoms with E-state index in [0.717, 1.165) is 63.2 Å². The molecule has 8 aliphatic rings. The molecule has 1 amide bonds. The SMILES string of the molecule is CCCCCCCCCCCC(=O)NC1C(O)C(C[C@@H]2O[C@H](C)C(O[C@@H]3OC[C@@H](O)C(O)C3O)C(O)C2O)[C@H](OC(=O)C23CC[C@@H](C)CC2C2=CCC4C5(C)CCC(O)C(C)(C=O)[C@@H]5CC[C@@]4(C)[C@]2(C)C[C@H]3O)O[C@@H]1CO. The molecule has 3 aliphatic heterocycles. The Balaban J connectivity index is 1.05. The largest absolute Gasteiger partial charge is 0.435 e. The van der Waals surface area contributed by atoms with E-state index in [9.17, 15) is 55.5 Å². The Labute approximate surface area is 456 Å². The van der Waals surface area contributed by atoms with Crippen molar-refractivity contribution in [2.75, 3.05) is 13.2 Å². The second-order valence-electron chi connectivity index (χ2n) is 26.4. The van der Waals surface area contributed by atoms with Crippen molar-refractivity contribution in [2.45, 2.75) is 269 Å². The lowest BCUT2D eigenvalue weighted by atomic mass is 9.33. The third-order valence-electron chi connectivity index (χ3n) is 22.0. The number of unbranched alkanes of at least 4 members (excludes halogenated alkanes) is 8. The lowest BCUT2D eigenvalue weighted by Crippen LogP contribution is -2.68. The highest BCUT2D eigenvalue weighted by atomic mass is 16.7. The van der Waals surface area contributed by atoms with Gasteiger partial charge in [-0.25, -0.2) is 0 Å². The molecule has 0 aromatic heterocycles. The maximum atomic E-state index is 15.6. The zero-order chi connectivity index (χ0) is 56.0. The van der Waals surface area contributed by atoms with E-state index in [-0.39, 0.29) is 60.4 Å². The number of ether oxygens (including phenoxy) is 5. The van der Waals surface area contributed by atoms with Gasteiger partial charge in [0.25, 0.3) is 0 Å². The smallest absolute Gasteiger partial charge is 0.317 e. The number of nitrogens with one attached hydrogen (secondary N) is 1. The molecule has 440 valence electrons. The number of carbonyl (C=O) groups excluding carboxylic acids is 3. The van der Waals surface area contributed by atoms with Crippen LogP contribution in [-0.4, -0.2) is 169 Å². The number of hydrogen-bond acceptors (Lipinski definition) is 17. The number of amides is 1. The second-order valence-corrected chi connectivity index (χ2v) is 26.4. The average molecular weight is 1090 g/mol. The number of aldehydes is 1. The number of fused-ring (bicyclic) bond motifs is 7.